The van der Waals surface area contributed by atoms with E-state index in [1.54, 1.807) is 24.5 Å². The van der Waals surface area contributed by atoms with Crippen molar-refractivity contribution >= 4 is 17.2 Å². The Balaban J connectivity index is 1.35. The summed E-state index contributed by atoms with van der Waals surface area (Å²) in [5, 5.41) is 9.75. The Kier molecular flexibility index (Phi) is 7.09. The minimum atomic E-state index is -0.399. The third-order valence-corrected chi connectivity index (χ3v) is 5.82. The lowest BCUT2D eigenvalue weighted by atomic mass is 10.0. The quantitative estimate of drug-likeness (QED) is 0.389. The molecule has 0 saturated carbocycles. The fourth-order valence-electron chi connectivity index (χ4n) is 3.16. The van der Waals surface area contributed by atoms with E-state index < -0.39 is 6.04 Å². The number of rotatable bonds is 9. The van der Waals surface area contributed by atoms with Crippen LogP contribution in [-0.2, 0) is 17.8 Å². The molecule has 4 aromatic rings. The second kappa shape index (κ2) is 10.4. The zero-order chi connectivity index (χ0) is 23.2. The van der Waals surface area contributed by atoms with Crippen LogP contribution in [0, 0.1) is 12.8 Å². The molecule has 33 heavy (non-hydrogen) atoms. The Bertz CT molecular complexity index is 1190. The van der Waals surface area contributed by atoms with Gasteiger partial charge in [-0.15, -0.1) is 11.3 Å². The van der Waals surface area contributed by atoms with Crippen LogP contribution in [0.15, 0.2) is 58.7 Å². The molecule has 0 unspecified atom stereocenters. The van der Waals surface area contributed by atoms with Gasteiger partial charge in [-0.3, -0.25) is 9.78 Å². The maximum atomic E-state index is 12.7. The molecule has 0 aliphatic carbocycles. The second-order valence-corrected chi connectivity index (χ2v) is 8.94. The average molecular weight is 464 g/mol. The van der Waals surface area contributed by atoms with Crippen molar-refractivity contribution in [3.8, 4) is 17.1 Å². The highest BCUT2D eigenvalue weighted by Gasteiger charge is 2.25. The van der Waals surface area contributed by atoms with Crippen LogP contribution in [0.25, 0.3) is 11.4 Å². The van der Waals surface area contributed by atoms with Crippen LogP contribution in [0.1, 0.15) is 42.0 Å². The predicted molar refractivity (Wildman–Crippen MR) is 125 cm³/mol. The SMILES string of the molecule is Cc1ccc(OCc2nc(CC(=O)N[C@H](c3nc(-c4ccncc4)no3)C(C)C)cs2)cc1. The first-order chi connectivity index (χ1) is 16.0. The highest BCUT2D eigenvalue weighted by Crippen LogP contribution is 2.24. The number of hydrogen-bond acceptors (Lipinski definition) is 8. The number of amides is 1. The lowest BCUT2D eigenvalue weighted by molar-refractivity contribution is -0.121. The molecule has 0 spiro atoms. The summed E-state index contributed by atoms with van der Waals surface area (Å²) in [4.78, 5) is 25.7. The fraction of sp³-hybridized carbons (Fsp3) is 0.292. The second-order valence-electron chi connectivity index (χ2n) is 7.99. The maximum Gasteiger partial charge on any atom is 0.249 e. The van der Waals surface area contributed by atoms with E-state index in [-0.39, 0.29) is 18.2 Å². The molecule has 3 aromatic heterocycles. The number of nitrogens with zero attached hydrogens (tertiary/aromatic N) is 4. The first-order valence-corrected chi connectivity index (χ1v) is 11.5. The molecule has 1 N–H and O–H groups in total. The van der Waals surface area contributed by atoms with Crippen molar-refractivity contribution in [1.29, 1.82) is 0 Å². The van der Waals surface area contributed by atoms with Crippen LogP contribution in [0.3, 0.4) is 0 Å². The molecule has 0 saturated heterocycles. The number of carbonyl (C=O) groups excluding carboxylic acids is 1. The Morgan fingerprint density at radius 3 is 2.61 bits per heavy atom. The van der Waals surface area contributed by atoms with Gasteiger partial charge in [-0.25, -0.2) is 4.98 Å². The van der Waals surface area contributed by atoms with E-state index in [9.17, 15) is 4.79 Å². The van der Waals surface area contributed by atoms with Gasteiger partial charge in [0.2, 0.25) is 17.6 Å². The molecule has 8 nitrogen and oxygen atoms in total. The van der Waals surface area contributed by atoms with Gasteiger partial charge >= 0.3 is 0 Å². The van der Waals surface area contributed by atoms with E-state index in [0.29, 0.717) is 24.0 Å². The van der Waals surface area contributed by atoms with Crippen molar-refractivity contribution in [2.45, 2.75) is 39.8 Å². The first-order valence-electron chi connectivity index (χ1n) is 10.6. The summed E-state index contributed by atoms with van der Waals surface area (Å²) in [6.07, 6.45) is 3.50. The summed E-state index contributed by atoms with van der Waals surface area (Å²) in [7, 11) is 0. The monoisotopic (exact) mass is 463 g/mol. The third-order valence-electron chi connectivity index (χ3n) is 4.95. The van der Waals surface area contributed by atoms with Crippen LogP contribution < -0.4 is 10.1 Å². The van der Waals surface area contributed by atoms with E-state index in [2.05, 4.69) is 25.4 Å². The number of aromatic nitrogens is 4. The van der Waals surface area contributed by atoms with Gasteiger partial charge in [0.15, 0.2) is 0 Å². The molecular weight excluding hydrogens is 438 g/mol. The summed E-state index contributed by atoms with van der Waals surface area (Å²) < 4.78 is 11.2. The number of benzene rings is 1. The smallest absolute Gasteiger partial charge is 0.249 e. The van der Waals surface area contributed by atoms with Gasteiger partial charge in [-0.1, -0.05) is 36.7 Å². The third kappa shape index (κ3) is 6.01. The molecule has 1 atom stereocenters. The molecule has 0 bridgehead atoms. The molecule has 170 valence electrons. The maximum absolute atomic E-state index is 12.7. The van der Waals surface area contributed by atoms with Crippen molar-refractivity contribution < 1.29 is 14.1 Å². The highest BCUT2D eigenvalue weighted by atomic mass is 32.1. The van der Waals surface area contributed by atoms with Crippen molar-refractivity contribution in [1.82, 2.24) is 25.4 Å². The number of carbonyl (C=O) groups is 1. The number of pyridine rings is 1. The van der Waals surface area contributed by atoms with Gasteiger partial charge in [0, 0.05) is 23.3 Å². The van der Waals surface area contributed by atoms with Gasteiger partial charge in [-0.05, 0) is 37.1 Å². The summed E-state index contributed by atoms with van der Waals surface area (Å²) >= 11 is 1.47. The highest BCUT2D eigenvalue weighted by molar-refractivity contribution is 7.09. The van der Waals surface area contributed by atoms with E-state index in [4.69, 9.17) is 9.26 Å². The number of nitrogens with one attached hydrogen (secondary N) is 1. The number of thiazole rings is 1. The molecule has 1 amide bonds. The van der Waals surface area contributed by atoms with E-state index >= 15 is 0 Å². The van der Waals surface area contributed by atoms with Gasteiger partial charge in [0.05, 0.1) is 12.1 Å². The summed E-state index contributed by atoms with van der Waals surface area (Å²) in [6, 6.07) is 11.1. The van der Waals surface area contributed by atoms with Crippen molar-refractivity contribution in [2.24, 2.45) is 5.92 Å². The normalized spacial score (nSPS) is 12.0. The Hall–Kier alpha value is -3.59. The van der Waals surface area contributed by atoms with Gasteiger partial charge in [0.25, 0.3) is 0 Å². The predicted octanol–water partition coefficient (Wildman–Crippen LogP) is 4.53. The zero-order valence-electron chi connectivity index (χ0n) is 18.7. The van der Waals surface area contributed by atoms with Gasteiger partial charge in [-0.2, -0.15) is 4.98 Å². The van der Waals surface area contributed by atoms with E-state index in [0.717, 1.165) is 16.3 Å². The summed E-state index contributed by atoms with van der Waals surface area (Å²) in [5.41, 5.74) is 2.68. The Labute approximate surface area is 196 Å². The summed E-state index contributed by atoms with van der Waals surface area (Å²) in [5.74, 6) is 1.53. The van der Waals surface area contributed by atoms with Gasteiger partial charge < -0.3 is 14.6 Å². The summed E-state index contributed by atoms with van der Waals surface area (Å²) in [6.45, 7) is 6.38. The largest absolute Gasteiger partial charge is 0.486 e. The molecule has 9 heteroatoms. The zero-order valence-corrected chi connectivity index (χ0v) is 19.5. The Morgan fingerprint density at radius 1 is 1.12 bits per heavy atom. The number of hydrogen-bond donors (Lipinski definition) is 1. The standard InChI is InChI=1S/C24H25N5O3S/c1-15(2)22(24-28-23(29-32-24)17-8-10-25-11-9-17)27-20(30)12-18-14-33-21(26-18)13-31-19-6-4-16(3)5-7-19/h4-11,14-15,22H,12-13H2,1-3H3,(H,27,30)/t22-/m0/s1. The van der Waals surface area contributed by atoms with Crippen molar-refractivity contribution in [2.75, 3.05) is 0 Å². The van der Waals surface area contributed by atoms with Crippen LogP contribution in [-0.4, -0.2) is 26.0 Å². The van der Waals surface area contributed by atoms with Crippen LogP contribution in [0.4, 0.5) is 0 Å². The molecule has 1 aromatic carbocycles. The lowest BCUT2D eigenvalue weighted by Gasteiger charge is -2.18. The molecule has 0 aliphatic rings. The minimum absolute atomic E-state index is 0.0635. The van der Waals surface area contributed by atoms with Crippen LogP contribution >= 0.6 is 11.3 Å². The fourth-order valence-corrected chi connectivity index (χ4v) is 3.86. The molecule has 4 rings (SSSR count). The lowest BCUT2D eigenvalue weighted by Crippen LogP contribution is -2.33. The first kappa shape index (κ1) is 22.6. The number of ether oxygens (including phenoxy) is 1. The van der Waals surface area contributed by atoms with Crippen molar-refractivity contribution in [3.63, 3.8) is 0 Å². The Morgan fingerprint density at radius 2 is 1.88 bits per heavy atom. The molecular formula is C24H25N5O3S. The van der Waals surface area contributed by atoms with Crippen LogP contribution in [0.2, 0.25) is 0 Å². The molecule has 0 fully saturated rings. The molecule has 3 heterocycles. The van der Waals surface area contributed by atoms with Crippen molar-refractivity contribution in [3.05, 3.63) is 76.3 Å². The average Bonchev–Trinajstić information content (AvgIpc) is 3.47. The topological polar surface area (TPSA) is 103 Å². The number of aryl methyl sites for hydroxylation is 1. The minimum Gasteiger partial charge on any atom is -0.486 e. The van der Waals surface area contributed by atoms with Gasteiger partial charge in [0.1, 0.15) is 23.4 Å². The molecule has 0 radical (unpaired) electrons. The van der Waals surface area contributed by atoms with E-state index in [1.165, 1.54) is 16.9 Å². The van der Waals surface area contributed by atoms with E-state index in [1.807, 2.05) is 50.4 Å². The van der Waals surface area contributed by atoms with Crippen LogP contribution in [0.5, 0.6) is 5.75 Å². The molecule has 0 aliphatic heterocycles.